The van der Waals surface area contributed by atoms with Gasteiger partial charge in [-0.05, 0) is 74.7 Å². The first-order valence-corrected chi connectivity index (χ1v) is 13.3. The van der Waals surface area contributed by atoms with Gasteiger partial charge in [-0.3, -0.25) is 14.5 Å². The summed E-state index contributed by atoms with van der Waals surface area (Å²) < 4.78 is 18.1. The number of hydrogen-bond acceptors (Lipinski definition) is 5. The molecule has 0 spiro atoms. The average molecular weight is 512 g/mol. The van der Waals surface area contributed by atoms with Crippen molar-refractivity contribution in [1.29, 1.82) is 0 Å². The van der Waals surface area contributed by atoms with E-state index in [-0.39, 0.29) is 17.1 Å². The van der Waals surface area contributed by atoms with E-state index in [0.717, 1.165) is 36.0 Å². The van der Waals surface area contributed by atoms with Crippen molar-refractivity contribution in [2.45, 2.75) is 53.0 Å². The zero-order valence-corrected chi connectivity index (χ0v) is 22.4. The summed E-state index contributed by atoms with van der Waals surface area (Å²) in [5, 5.41) is 0.466. The molecule has 1 aromatic heterocycles. The van der Waals surface area contributed by atoms with Crippen LogP contribution in [0.15, 0.2) is 69.9 Å². The maximum Gasteiger partial charge on any atom is 0.295 e. The number of benzene rings is 3. The van der Waals surface area contributed by atoms with E-state index in [9.17, 15) is 9.59 Å². The van der Waals surface area contributed by atoms with Gasteiger partial charge in [0, 0.05) is 5.69 Å². The smallest absolute Gasteiger partial charge is 0.295 e. The first-order chi connectivity index (χ1) is 18.4. The highest BCUT2D eigenvalue weighted by Gasteiger charge is 2.44. The first kappa shape index (κ1) is 25.6. The summed E-state index contributed by atoms with van der Waals surface area (Å²) in [6.07, 6.45) is 3.17. The molecule has 0 bridgehead atoms. The Kier molecular flexibility index (Phi) is 7.23. The molecule has 0 saturated heterocycles. The maximum atomic E-state index is 13.9. The fourth-order valence-electron chi connectivity index (χ4n) is 5.06. The van der Waals surface area contributed by atoms with E-state index >= 15 is 0 Å². The van der Waals surface area contributed by atoms with Gasteiger partial charge in [-0.1, -0.05) is 49.6 Å². The number of ether oxygens (including phenoxy) is 2. The summed E-state index contributed by atoms with van der Waals surface area (Å²) in [5.41, 5.74) is 3.96. The van der Waals surface area contributed by atoms with Crippen LogP contribution >= 0.6 is 0 Å². The Balaban J connectivity index is 1.68. The van der Waals surface area contributed by atoms with Crippen LogP contribution in [0.5, 0.6) is 11.5 Å². The molecule has 1 aliphatic rings. The van der Waals surface area contributed by atoms with Crippen LogP contribution in [0.1, 0.15) is 72.0 Å². The Morgan fingerprint density at radius 1 is 0.868 bits per heavy atom. The van der Waals surface area contributed by atoms with E-state index in [0.29, 0.717) is 46.9 Å². The van der Waals surface area contributed by atoms with Crippen LogP contribution in [0.3, 0.4) is 0 Å². The minimum atomic E-state index is -0.672. The van der Waals surface area contributed by atoms with Gasteiger partial charge >= 0.3 is 0 Å². The summed E-state index contributed by atoms with van der Waals surface area (Å²) in [4.78, 5) is 29.5. The number of nitrogens with zero attached hydrogens (tertiary/aromatic N) is 1. The molecule has 3 aromatic carbocycles. The summed E-state index contributed by atoms with van der Waals surface area (Å²) in [6, 6.07) is 18.1. The van der Waals surface area contributed by atoms with Crippen molar-refractivity contribution in [2.75, 3.05) is 18.1 Å². The van der Waals surface area contributed by atoms with Gasteiger partial charge in [0.25, 0.3) is 5.91 Å². The van der Waals surface area contributed by atoms with Crippen molar-refractivity contribution in [1.82, 2.24) is 0 Å². The van der Waals surface area contributed by atoms with Crippen molar-refractivity contribution in [3.05, 3.63) is 98.9 Å². The first-order valence-electron chi connectivity index (χ1n) is 13.3. The number of anilines is 1. The standard InChI is InChI=1S/C32H33NO5/c1-5-7-8-16-37-26-15-13-22(19-27(26)36-6-2)29-28-30(34)24-18-21(4)12-14-25(24)38-31(28)32(35)33(29)23-11-9-10-20(3)17-23/h9-15,17-19,29H,5-8,16H2,1-4H3. The molecule has 0 fully saturated rings. The molecule has 1 amide bonds. The third kappa shape index (κ3) is 4.67. The van der Waals surface area contributed by atoms with Gasteiger partial charge in [-0.2, -0.15) is 0 Å². The molecule has 4 aromatic rings. The van der Waals surface area contributed by atoms with Gasteiger partial charge in [-0.25, -0.2) is 0 Å². The number of fused-ring (bicyclic) bond motifs is 2. The number of rotatable bonds is 9. The van der Waals surface area contributed by atoms with Gasteiger partial charge in [0.05, 0.1) is 30.2 Å². The second-order valence-corrected chi connectivity index (χ2v) is 9.79. The van der Waals surface area contributed by atoms with Crippen LogP contribution in [0, 0.1) is 13.8 Å². The summed E-state index contributed by atoms with van der Waals surface area (Å²) in [6.45, 7) is 9.04. The molecular weight excluding hydrogens is 478 g/mol. The van der Waals surface area contributed by atoms with Gasteiger partial charge in [0.2, 0.25) is 5.76 Å². The number of unbranched alkanes of at least 4 members (excludes halogenated alkanes) is 2. The predicted octanol–water partition coefficient (Wildman–Crippen LogP) is 7.13. The van der Waals surface area contributed by atoms with E-state index in [1.54, 1.807) is 11.0 Å². The summed E-state index contributed by atoms with van der Waals surface area (Å²) >= 11 is 0. The van der Waals surface area contributed by atoms with E-state index in [2.05, 4.69) is 6.92 Å². The molecule has 0 saturated carbocycles. The highest BCUT2D eigenvalue weighted by molar-refractivity contribution is 6.10. The lowest BCUT2D eigenvalue weighted by atomic mass is 9.97. The molecular formula is C32H33NO5. The molecule has 1 atom stereocenters. The number of amides is 1. The molecule has 2 heterocycles. The third-order valence-corrected chi connectivity index (χ3v) is 6.89. The van der Waals surface area contributed by atoms with Crippen molar-refractivity contribution >= 4 is 22.6 Å². The Morgan fingerprint density at radius 3 is 2.45 bits per heavy atom. The minimum Gasteiger partial charge on any atom is -0.490 e. The maximum absolute atomic E-state index is 13.9. The van der Waals surface area contributed by atoms with Crippen molar-refractivity contribution in [3.8, 4) is 11.5 Å². The third-order valence-electron chi connectivity index (χ3n) is 6.89. The highest BCUT2D eigenvalue weighted by atomic mass is 16.5. The van der Waals surface area contributed by atoms with E-state index in [4.69, 9.17) is 13.9 Å². The van der Waals surface area contributed by atoms with Crippen molar-refractivity contribution in [2.24, 2.45) is 0 Å². The molecule has 5 rings (SSSR count). The van der Waals surface area contributed by atoms with Crippen LogP contribution < -0.4 is 19.8 Å². The minimum absolute atomic E-state index is 0.0794. The molecule has 0 radical (unpaired) electrons. The Labute approximate surface area is 222 Å². The zero-order chi connectivity index (χ0) is 26.8. The van der Waals surface area contributed by atoms with Crippen molar-refractivity contribution in [3.63, 3.8) is 0 Å². The number of hydrogen-bond donors (Lipinski definition) is 0. The van der Waals surface area contributed by atoms with Gasteiger partial charge in [-0.15, -0.1) is 0 Å². The molecule has 196 valence electrons. The highest BCUT2D eigenvalue weighted by Crippen LogP contribution is 2.43. The topological polar surface area (TPSA) is 69.0 Å². The van der Waals surface area contributed by atoms with Crippen LogP contribution in [-0.2, 0) is 0 Å². The van der Waals surface area contributed by atoms with Crippen LogP contribution in [0.25, 0.3) is 11.0 Å². The fourth-order valence-corrected chi connectivity index (χ4v) is 5.06. The number of carbonyl (C=O) groups excluding carboxylic acids is 1. The average Bonchev–Trinajstić information content (AvgIpc) is 3.20. The zero-order valence-electron chi connectivity index (χ0n) is 22.4. The molecule has 0 aliphatic carbocycles. The molecule has 0 N–H and O–H groups in total. The normalized spacial score (nSPS) is 14.7. The fraction of sp³-hybridized carbons (Fsp3) is 0.312. The molecule has 38 heavy (non-hydrogen) atoms. The van der Waals surface area contributed by atoms with Crippen LogP contribution in [-0.4, -0.2) is 19.1 Å². The quantitative estimate of drug-likeness (QED) is 0.224. The Hall–Kier alpha value is -4.06. The SMILES string of the molecule is CCCCCOc1ccc(C2c3c(oc4ccc(C)cc4c3=O)C(=O)N2c2cccc(C)c2)cc1OCC. The van der Waals surface area contributed by atoms with Gasteiger partial charge in [0.15, 0.2) is 16.9 Å². The Morgan fingerprint density at radius 2 is 1.68 bits per heavy atom. The molecule has 6 nitrogen and oxygen atoms in total. The Bertz CT molecular complexity index is 1550. The molecule has 6 heteroatoms. The van der Waals surface area contributed by atoms with Gasteiger partial charge in [0.1, 0.15) is 5.58 Å². The summed E-state index contributed by atoms with van der Waals surface area (Å²) in [7, 11) is 0. The van der Waals surface area contributed by atoms with Crippen LogP contribution in [0.4, 0.5) is 5.69 Å². The van der Waals surface area contributed by atoms with E-state index in [1.807, 2.05) is 75.4 Å². The van der Waals surface area contributed by atoms with E-state index < -0.39 is 6.04 Å². The van der Waals surface area contributed by atoms with Crippen molar-refractivity contribution < 1.29 is 18.7 Å². The number of aryl methyl sites for hydroxylation is 2. The lowest BCUT2D eigenvalue weighted by Crippen LogP contribution is -2.29. The van der Waals surface area contributed by atoms with Gasteiger partial charge < -0.3 is 13.9 Å². The second kappa shape index (κ2) is 10.7. The lowest BCUT2D eigenvalue weighted by Gasteiger charge is -2.26. The summed E-state index contributed by atoms with van der Waals surface area (Å²) in [5.74, 6) is 0.982. The van der Waals surface area contributed by atoms with E-state index in [1.165, 1.54) is 0 Å². The molecule has 1 unspecified atom stereocenters. The van der Waals surface area contributed by atoms with Crippen LogP contribution in [0.2, 0.25) is 0 Å². The number of carbonyl (C=O) groups is 1. The predicted molar refractivity (Wildman–Crippen MR) is 150 cm³/mol. The lowest BCUT2D eigenvalue weighted by molar-refractivity contribution is 0.0971. The largest absolute Gasteiger partial charge is 0.490 e. The molecule has 1 aliphatic heterocycles. The monoisotopic (exact) mass is 511 g/mol. The second-order valence-electron chi connectivity index (χ2n) is 9.79.